The van der Waals surface area contributed by atoms with Crippen LogP contribution in [0.5, 0.6) is 0 Å². The fourth-order valence-corrected chi connectivity index (χ4v) is 2.46. The van der Waals surface area contributed by atoms with Gasteiger partial charge in [0, 0.05) is 6.42 Å². The van der Waals surface area contributed by atoms with Crippen LogP contribution in [-0.2, 0) is 9.22 Å². The second-order valence-electron chi connectivity index (χ2n) is 5.80. The predicted molar refractivity (Wildman–Crippen MR) is 63.0 cm³/mol. The molecule has 0 unspecified atom stereocenters. The van der Waals surface area contributed by atoms with E-state index < -0.39 is 8.32 Å². The molecule has 84 valence electrons. The van der Waals surface area contributed by atoms with E-state index in [0.29, 0.717) is 6.42 Å². The Balaban J connectivity index is 4.67. The summed E-state index contributed by atoms with van der Waals surface area (Å²) >= 11 is 0. The Bertz CT molecular complexity index is 198. The Morgan fingerprint density at radius 1 is 1.29 bits per heavy atom. The average molecular weight is 216 g/mol. The zero-order valence-corrected chi connectivity index (χ0v) is 11.6. The predicted octanol–water partition coefficient (Wildman–Crippen LogP) is 3.23. The lowest BCUT2D eigenvalue weighted by molar-refractivity contribution is -0.130. The highest BCUT2D eigenvalue weighted by atomic mass is 28.4. The first-order valence-electron chi connectivity index (χ1n) is 5.28. The van der Waals surface area contributed by atoms with Crippen LogP contribution in [0.1, 0.15) is 34.1 Å². The molecule has 0 radical (unpaired) electrons. The molecule has 0 heterocycles. The van der Waals surface area contributed by atoms with E-state index in [4.69, 9.17) is 4.43 Å². The van der Waals surface area contributed by atoms with Crippen molar-refractivity contribution in [2.24, 2.45) is 5.41 Å². The molecule has 14 heavy (non-hydrogen) atoms. The van der Waals surface area contributed by atoms with Gasteiger partial charge in [0.2, 0.25) is 0 Å². The molecule has 0 aliphatic carbocycles. The standard InChI is InChI=1S/C11H24O2Si/c1-8-9(12)10(11(2,3)4)13-14(5,6)7/h10H,8H2,1-7H3/t10-/m1/s1. The molecule has 1 atom stereocenters. The molecule has 0 amide bonds. The molecule has 0 fully saturated rings. The second-order valence-corrected chi connectivity index (χ2v) is 10.3. The third-order valence-electron chi connectivity index (χ3n) is 1.90. The van der Waals surface area contributed by atoms with Gasteiger partial charge in [0.25, 0.3) is 0 Å². The number of ketones is 1. The maximum Gasteiger partial charge on any atom is 0.184 e. The summed E-state index contributed by atoms with van der Waals surface area (Å²) in [5.74, 6) is 0.222. The van der Waals surface area contributed by atoms with Crippen LogP contribution in [0.4, 0.5) is 0 Å². The van der Waals surface area contributed by atoms with E-state index in [9.17, 15) is 4.79 Å². The van der Waals surface area contributed by atoms with Crippen molar-refractivity contribution in [2.75, 3.05) is 0 Å². The fourth-order valence-electron chi connectivity index (χ4n) is 1.26. The summed E-state index contributed by atoms with van der Waals surface area (Å²) in [5.41, 5.74) is -0.0899. The minimum atomic E-state index is -1.63. The number of carbonyl (C=O) groups is 1. The summed E-state index contributed by atoms with van der Waals surface area (Å²) in [5, 5.41) is 0. The second kappa shape index (κ2) is 4.58. The molecule has 0 rings (SSSR count). The molecular formula is C11H24O2Si. The summed E-state index contributed by atoms with van der Waals surface area (Å²) in [6.45, 7) is 14.4. The van der Waals surface area contributed by atoms with Crippen LogP contribution in [-0.4, -0.2) is 20.2 Å². The van der Waals surface area contributed by atoms with Crippen LogP contribution in [0.15, 0.2) is 0 Å². The molecule has 3 heteroatoms. The van der Waals surface area contributed by atoms with Crippen molar-refractivity contribution in [3.8, 4) is 0 Å². The van der Waals surface area contributed by atoms with Crippen LogP contribution >= 0.6 is 0 Å². The van der Waals surface area contributed by atoms with E-state index in [2.05, 4.69) is 40.4 Å². The van der Waals surface area contributed by atoms with Gasteiger partial charge in [-0.25, -0.2) is 0 Å². The molecule has 0 aromatic heterocycles. The van der Waals surface area contributed by atoms with Crippen molar-refractivity contribution in [1.82, 2.24) is 0 Å². The van der Waals surface area contributed by atoms with E-state index in [1.165, 1.54) is 0 Å². The zero-order chi connectivity index (χ0) is 11.6. The van der Waals surface area contributed by atoms with Crippen molar-refractivity contribution in [3.63, 3.8) is 0 Å². The molecule has 0 saturated carbocycles. The molecule has 0 spiro atoms. The third kappa shape index (κ3) is 4.91. The van der Waals surface area contributed by atoms with Gasteiger partial charge in [-0.2, -0.15) is 0 Å². The van der Waals surface area contributed by atoms with E-state index in [1.54, 1.807) is 0 Å². The molecule has 0 aliphatic heterocycles. The fraction of sp³-hybridized carbons (Fsp3) is 0.909. The van der Waals surface area contributed by atoms with Crippen LogP contribution < -0.4 is 0 Å². The van der Waals surface area contributed by atoms with Gasteiger partial charge >= 0.3 is 0 Å². The molecule has 2 nitrogen and oxygen atoms in total. The first kappa shape index (κ1) is 13.8. The van der Waals surface area contributed by atoms with Gasteiger partial charge in [0.15, 0.2) is 14.1 Å². The molecule has 0 aromatic rings. The quantitative estimate of drug-likeness (QED) is 0.674. The Labute approximate surface area is 89.2 Å². The van der Waals surface area contributed by atoms with Crippen LogP contribution in [0.3, 0.4) is 0 Å². The normalized spacial score (nSPS) is 15.4. The number of rotatable bonds is 4. The first-order chi connectivity index (χ1) is 6.08. The lowest BCUT2D eigenvalue weighted by Gasteiger charge is -2.34. The summed E-state index contributed by atoms with van der Waals surface area (Å²) < 4.78 is 5.94. The van der Waals surface area contributed by atoms with E-state index in [1.807, 2.05) is 6.92 Å². The topological polar surface area (TPSA) is 26.3 Å². The van der Waals surface area contributed by atoms with Gasteiger partial charge in [0.1, 0.15) is 6.10 Å². The number of carbonyl (C=O) groups excluding carboxylic acids is 1. The van der Waals surface area contributed by atoms with Crippen molar-refractivity contribution in [1.29, 1.82) is 0 Å². The molecular weight excluding hydrogens is 192 g/mol. The lowest BCUT2D eigenvalue weighted by atomic mass is 9.86. The highest BCUT2D eigenvalue weighted by molar-refractivity contribution is 6.69. The van der Waals surface area contributed by atoms with Gasteiger partial charge in [-0.05, 0) is 25.1 Å². The van der Waals surface area contributed by atoms with Crippen molar-refractivity contribution >= 4 is 14.1 Å². The Hall–Kier alpha value is -0.153. The SMILES string of the molecule is CCC(=O)[C@@H](O[Si](C)(C)C)C(C)(C)C. The first-order valence-corrected chi connectivity index (χ1v) is 8.69. The summed E-state index contributed by atoms with van der Waals surface area (Å²) in [6.07, 6.45) is 0.325. The van der Waals surface area contributed by atoms with Crippen LogP contribution in [0.25, 0.3) is 0 Å². The van der Waals surface area contributed by atoms with Gasteiger partial charge in [0.05, 0.1) is 0 Å². The molecule has 0 aliphatic rings. The molecule has 0 bridgehead atoms. The van der Waals surface area contributed by atoms with Gasteiger partial charge in [-0.1, -0.05) is 27.7 Å². The van der Waals surface area contributed by atoms with Crippen LogP contribution in [0.2, 0.25) is 19.6 Å². The lowest BCUT2D eigenvalue weighted by Crippen LogP contribution is -2.44. The zero-order valence-electron chi connectivity index (χ0n) is 10.6. The summed E-state index contributed by atoms with van der Waals surface area (Å²) in [7, 11) is -1.63. The monoisotopic (exact) mass is 216 g/mol. The summed E-state index contributed by atoms with van der Waals surface area (Å²) in [6, 6.07) is 0. The smallest absolute Gasteiger partial charge is 0.184 e. The number of hydrogen-bond acceptors (Lipinski definition) is 2. The van der Waals surface area contributed by atoms with Gasteiger partial charge in [-0.3, -0.25) is 4.79 Å². The van der Waals surface area contributed by atoms with Crippen molar-refractivity contribution in [2.45, 2.75) is 59.9 Å². The Kier molecular flexibility index (Phi) is 4.53. The highest BCUT2D eigenvalue weighted by Gasteiger charge is 2.34. The Morgan fingerprint density at radius 2 is 1.71 bits per heavy atom. The summed E-state index contributed by atoms with van der Waals surface area (Å²) in [4.78, 5) is 11.7. The molecule has 0 N–H and O–H groups in total. The van der Waals surface area contributed by atoms with Gasteiger partial charge < -0.3 is 4.43 Å². The molecule has 0 aromatic carbocycles. The maximum atomic E-state index is 11.7. The Morgan fingerprint density at radius 3 is 1.93 bits per heavy atom. The minimum absolute atomic E-state index is 0.0899. The third-order valence-corrected chi connectivity index (χ3v) is 2.84. The highest BCUT2D eigenvalue weighted by Crippen LogP contribution is 2.26. The minimum Gasteiger partial charge on any atom is -0.407 e. The largest absolute Gasteiger partial charge is 0.407 e. The van der Waals surface area contributed by atoms with Gasteiger partial charge in [-0.15, -0.1) is 0 Å². The van der Waals surface area contributed by atoms with Crippen molar-refractivity contribution < 1.29 is 9.22 Å². The van der Waals surface area contributed by atoms with E-state index in [-0.39, 0.29) is 17.3 Å². The van der Waals surface area contributed by atoms with Crippen LogP contribution in [0, 0.1) is 5.41 Å². The van der Waals surface area contributed by atoms with Crippen molar-refractivity contribution in [3.05, 3.63) is 0 Å². The average Bonchev–Trinajstić information content (AvgIpc) is 1.95. The number of hydrogen-bond donors (Lipinski definition) is 0. The molecule has 0 saturated heterocycles. The van der Waals surface area contributed by atoms with E-state index in [0.717, 1.165) is 0 Å². The van der Waals surface area contributed by atoms with E-state index >= 15 is 0 Å². The maximum absolute atomic E-state index is 11.7. The number of Topliss-reactive ketones (excluding diaryl/α,β-unsaturated/α-hetero) is 1.